The number of anilines is 1. The highest BCUT2D eigenvalue weighted by molar-refractivity contribution is 5.98. The van der Waals surface area contributed by atoms with Crippen LogP contribution in [-0.2, 0) is 16.0 Å². The number of fused-ring (bicyclic) bond motifs is 1. The Morgan fingerprint density at radius 1 is 1.00 bits per heavy atom. The van der Waals surface area contributed by atoms with E-state index in [0.29, 0.717) is 30.6 Å². The van der Waals surface area contributed by atoms with Gasteiger partial charge >= 0.3 is 5.97 Å². The number of rotatable bonds is 5. The fourth-order valence-corrected chi connectivity index (χ4v) is 3.70. The lowest BCUT2D eigenvalue weighted by molar-refractivity contribution is -0.384. The number of non-ortho nitro benzene ring substituents is 1. The summed E-state index contributed by atoms with van der Waals surface area (Å²) in [6, 6.07) is 17.9. The Morgan fingerprint density at radius 2 is 1.66 bits per heavy atom. The number of nitrogens with zero attached hydrogens (tertiary/aromatic N) is 2. The van der Waals surface area contributed by atoms with Gasteiger partial charge in [-0.25, -0.2) is 4.79 Å². The van der Waals surface area contributed by atoms with E-state index in [-0.39, 0.29) is 17.3 Å². The molecule has 8 heteroatoms. The molecule has 0 spiro atoms. The van der Waals surface area contributed by atoms with Crippen molar-refractivity contribution in [1.82, 2.24) is 0 Å². The lowest BCUT2D eigenvalue weighted by atomic mass is 10.0. The first kappa shape index (κ1) is 21.0. The van der Waals surface area contributed by atoms with Gasteiger partial charge in [-0.1, -0.05) is 24.3 Å². The van der Waals surface area contributed by atoms with Gasteiger partial charge < -0.3 is 14.7 Å². The molecule has 1 amide bonds. The van der Waals surface area contributed by atoms with Crippen LogP contribution in [0.1, 0.15) is 22.3 Å². The fourth-order valence-electron chi connectivity index (χ4n) is 3.70. The number of nitro benzene ring substituents is 1. The number of aryl methyl sites for hydroxylation is 1. The van der Waals surface area contributed by atoms with Gasteiger partial charge in [-0.05, 0) is 59.9 Å². The van der Waals surface area contributed by atoms with Crippen LogP contribution in [0.2, 0.25) is 0 Å². The molecule has 3 aromatic rings. The van der Waals surface area contributed by atoms with Crippen LogP contribution < -0.4 is 4.90 Å². The number of phenolic OH excluding ortho intramolecular Hbond substituents is 1. The molecule has 0 fully saturated rings. The Bertz CT molecular complexity index is 1170. The van der Waals surface area contributed by atoms with E-state index in [1.165, 1.54) is 17.0 Å². The summed E-state index contributed by atoms with van der Waals surface area (Å²) < 4.78 is 5.21. The standard InChI is InChI=1S/C24H20N2O6/c27-21-10-7-17(8-11-21)16-3-5-18(6-4-16)24(29)32-15-23(28)25-13-1-2-19-14-20(26(30)31)9-12-22(19)25/h3-12,14,27H,1-2,13,15H2. The smallest absolute Gasteiger partial charge is 0.338 e. The molecule has 0 radical (unpaired) electrons. The molecule has 0 atom stereocenters. The highest BCUT2D eigenvalue weighted by Crippen LogP contribution is 2.30. The number of carbonyl (C=O) groups is 2. The molecule has 3 aromatic carbocycles. The summed E-state index contributed by atoms with van der Waals surface area (Å²) in [6.07, 6.45) is 1.32. The van der Waals surface area contributed by atoms with Crippen LogP contribution in [-0.4, -0.2) is 35.1 Å². The number of ether oxygens (including phenoxy) is 1. The van der Waals surface area contributed by atoms with Gasteiger partial charge in [0.1, 0.15) is 5.75 Å². The minimum absolute atomic E-state index is 0.0137. The van der Waals surface area contributed by atoms with Crippen LogP contribution >= 0.6 is 0 Å². The number of carbonyl (C=O) groups excluding carboxylic acids is 2. The second-order valence-electron chi connectivity index (χ2n) is 7.42. The molecular weight excluding hydrogens is 412 g/mol. The van der Waals surface area contributed by atoms with E-state index >= 15 is 0 Å². The van der Waals surface area contributed by atoms with Gasteiger partial charge in [-0.15, -0.1) is 0 Å². The minimum atomic E-state index is -0.614. The van der Waals surface area contributed by atoms with E-state index in [1.54, 1.807) is 54.6 Å². The average Bonchev–Trinajstić information content (AvgIpc) is 2.82. The third-order valence-corrected chi connectivity index (χ3v) is 5.34. The largest absolute Gasteiger partial charge is 0.508 e. The first-order valence-corrected chi connectivity index (χ1v) is 10.1. The third kappa shape index (κ3) is 4.44. The zero-order chi connectivity index (χ0) is 22.7. The Balaban J connectivity index is 1.40. The van der Waals surface area contributed by atoms with Crippen molar-refractivity contribution in [2.45, 2.75) is 12.8 Å². The topological polar surface area (TPSA) is 110 Å². The monoisotopic (exact) mass is 432 g/mol. The van der Waals surface area contributed by atoms with Crippen molar-refractivity contribution in [3.05, 3.63) is 88.0 Å². The Labute approximate surface area is 183 Å². The molecule has 0 saturated carbocycles. The maximum atomic E-state index is 12.7. The van der Waals surface area contributed by atoms with Crippen LogP contribution in [0.25, 0.3) is 11.1 Å². The normalized spacial score (nSPS) is 12.7. The molecule has 8 nitrogen and oxygen atoms in total. The van der Waals surface area contributed by atoms with E-state index in [2.05, 4.69) is 0 Å². The van der Waals surface area contributed by atoms with Gasteiger partial charge in [0.15, 0.2) is 6.61 Å². The van der Waals surface area contributed by atoms with Crippen molar-refractivity contribution in [3.63, 3.8) is 0 Å². The molecule has 1 N–H and O–H groups in total. The predicted molar refractivity (Wildman–Crippen MR) is 118 cm³/mol. The number of hydrogen-bond acceptors (Lipinski definition) is 6. The average molecular weight is 432 g/mol. The van der Waals surface area contributed by atoms with Crippen molar-refractivity contribution in [1.29, 1.82) is 0 Å². The van der Waals surface area contributed by atoms with E-state index in [0.717, 1.165) is 16.7 Å². The van der Waals surface area contributed by atoms with Crippen molar-refractivity contribution >= 4 is 23.3 Å². The maximum absolute atomic E-state index is 12.7. The number of amides is 1. The number of phenols is 1. The Kier molecular flexibility index (Phi) is 5.85. The van der Waals surface area contributed by atoms with E-state index in [9.17, 15) is 24.8 Å². The van der Waals surface area contributed by atoms with Crippen LogP contribution in [0.5, 0.6) is 5.75 Å². The van der Waals surface area contributed by atoms with Crippen LogP contribution in [0.15, 0.2) is 66.7 Å². The fraction of sp³-hybridized carbons (Fsp3) is 0.167. The number of benzene rings is 3. The first-order chi connectivity index (χ1) is 15.4. The van der Waals surface area contributed by atoms with Crippen LogP contribution in [0.4, 0.5) is 11.4 Å². The lowest BCUT2D eigenvalue weighted by Gasteiger charge is -2.29. The van der Waals surface area contributed by atoms with E-state index in [1.807, 2.05) is 0 Å². The zero-order valence-electron chi connectivity index (χ0n) is 17.1. The van der Waals surface area contributed by atoms with E-state index < -0.39 is 17.5 Å². The SMILES string of the molecule is O=C(OCC(=O)N1CCCc2cc([N+](=O)[O-])ccc21)c1ccc(-c2ccc(O)cc2)cc1. The molecule has 0 saturated heterocycles. The number of nitro groups is 1. The Hall–Kier alpha value is -4.20. The molecule has 0 aliphatic carbocycles. The second-order valence-corrected chi connectivity index (χ2v) is 7.42. The summed E-state index contributed by atoms with van der Waals surface area (Å²) in [6.45, 7) is 0.0392. The van der Waals surface area contributed by atoms with Gasteiger partial charge in [-0.2, -0.15) is 0 Å². The molecule has 1 aliphatic rings. The summed E-state index contributed by atoms with van der Waals surface area (Å²) >= 11 is 0. The molecule has 4 rings (SSSR count). The molecule has 162 valence electrons. The molecule has 1 heterocycles. The molecule has 0 unspecified atom stereocenters. The maximum Gasteiger partial charge on any atom is 0.338 e. The quantitative estimate of drug-likeness (QED) is 0.369. The lowest BCUT2D eigenvalue weighted by Crippen LogP contribution is -2.38. The highest BCUT2D eigenvalue weighted by atomic mass is 16.6. The van der Waals surface area contributed by atoms with Crippen molar-refractivity contribution in [2.75, 3.05) is 18.1 Å². The first-order valence-electron chi connectivity index (χ1n) is 10.1. The Morgan fingerprint density at radius 3 is 2.31 bits per heavy atom. The summed E-state index contributed by atoms with van der Waals surface area (Å²) in [7, 11) is 0. The predicted octanol–water partition coefficient (Wildman–Crippen LogP) is 4.10. The van der Waals surface area contributed by atoms with Crippen molar-refractivity contribution in [2.24, 2.45) is 0 Å². The minimum Gasteiger partial charge on any atom is -0.508 e. The summed E-state index contributed by atoms with van der Waals surface area (Å²) in [4.78, 5) is 37.1. The number of aromatic hydroxyl groups is 1. The molecule has 32 heavy (non-hydrogen) atoms. The summed E-state index contributed by atoms with van der Waals surface area (Å²) in [5, 5.41) is 20.4. The second kappa shape index (κ2) is 8.89. The summed E-state index contributed by atoms with van der Waals surface area (Å²) in [5.74, 6) is -0.821. The molecular formula is C24H20N2O6. The van der Waals surface area contributed by atoms with Crippen LogP contribution in [0, 0.1) is 10.1 Å². The molecule has 1 aliphatic heterocycles. The van der Waals surface area contributed by atoms with E-state index in [4.69, 9.17) is 4.74 Å². The molecule has 0 bridgehead atoms. The van der Waals surface area contributed by atoms with Crippen molar-refractivity contribution in [3.8, 4) is 16.9 Å². The van der Waals surface area contributed by atoms with Gasteiger partial charge in [-0.3, -0.25) is 14.9 Å². The third-order valence-electron chi connectivity index (χ3n) is 5.34. The summed E-state index contributed by atoms with van der Waals surface area (Å²) in [5.41, 5.74) is 3.41. The number of hydrogen-bond donors (Lipinski definition) is 1. The van der Waals surface area contributed by atoms with Crippen molar-refractivity contribution < 1.29 is 24.4 Å². The number of esters is 1. The van der Waals surface area contributed by atoms with Crippen LogP contribution in [0.3, 0.4) is 0 Å². The highest BCUT2D eigenvalue weighted by Gasteiger charge is 2.25. The molecule has 0 aromatic heterocycles. The zero-order valence-corrected chi connectivity index (χ0v) is 17.1. The van der Waals surface area contributed by atoms with Gasteiger partial charge in [0.05, 0.1) is 10.5 Å². The van der Waals surface area contributed by atoms with Gasteiger partial charge in [0.25, 0.3) is 11.6 Å². The van der Waals surface area contributed by atoms with Gasteiger partial charge in [0, 0.05) is 24.4 Å². The van der Waals surface area contributed by atoms with Gasteiger partial charge in [0.2, 0.25) is 0 Å².